The second-order valence-electron chi connectivity index (χ2n) is 4.06. The van der Waals surface area contributed by atoms with E-state index in [4.69, 9.17) is 4.42 Å². The van der Waals surface area contributed by atoms with E-state index in [2.05, 4.69) is 25.5 Å². The predicted molar refractivity (Wildman–Crippen MR) is 75.2 cm³/mol. The van der Waals surface area contributed by atoms with Crippen LogP contribution in [0.2, 0.25) is 0 Å². The fourth-order valence-corrected chi connectivity index (χ4v) is 2.15. The number of pyridine rings is 1. The standard InChI is InChI=1S/C12H9N5O3S/c1-6-14-8(5-21-6)11-16-17-12(20-11)15-10(19)7-2-3-9(18)13-4-7/h2-5H,1H3,(H,13,18)(H,15,17,19). The van der Waals surface area contributed by atoms with Gasteiger partial charge in [-0.3, -0.25) is 14.9 Å². The van der Waals surface area contributed by atoms with Gasteiger partial charge in [0.2, 0.25) is 5.56 Å². The molecule has 0 saturated heterocycles. The Morgan fingerprint density at radius 3 is 2.90 bits per heavy atom. The van der Waals surface area contributed by atoms with Crippen molar-refractivity contribution in [3.8, 4) is 11.6 Å². The number of aromatic nitrogens is 4. The Balaban J connectivity index is 1.76. The van der Waals surface area contributed by atoms with Crippen molar-refractivity contribution in [1.29, 1.82) is 0 Å². The number of hydrogen-bond donors (Lipinski definition) is 2. The van der Waals surface area contributed by atoms with Crippen molar-refractivity contribution in [2.24, 2.45) is 0 Å². The molecule has 0 radical (unpaired) electrons. The van der Waals surface area contributed by atoms with Crippen LogP contribution in [0, 0.1) is 6.92 Å². The lowest BCUT2D eigenvalue weighted by molar-refractivity contribution is 0.102. The molecule has 0 bridgehead atoms. The highest BCUT2D eigenvalue weighted by atomic mass is 32.1. The Morgan fingerprint density at radius 1 is 1.38 bits per heavy atom. The number of H-pyrrole nitrogens is 1. The molecule has 9 heteroatoms. The van der Waals surface area contributed by atoms with E-state index >= 15 is 0 Å². The van der Waals surface area contributed by atoms with Gasteiger partial charge in [-0.05, 0) is 13.0 Å². The van der Waals surface area contributed by atoms with Gasteiger partial charge in [0, 0.05) is 17.6 Å². The van der Waals surface area contributed by atoms with Crippen molar-refractivity contribution < 1.29 is 9.21 Å². The average molecular weight is 303 g/mol. The molecule has 2 N–H and O–H groups in total. The zero-order chi connectivity index (χ0) is 14.8. The Kier molecular flexibility index (Phi) is 3.32. The molecule has 0 fully saturated rings. The summed E-state index contributed by atoms with van der Waals surface area (Å²) in [5.41, 5.74) is 0.555. The van der Waals surface area contributed by atoms with Gasteiger partial charge in [0.25, 0.3) is 11.8 Å². The van der Waals surface area contributed by atoms with Gasteiger partial charge in [-0.2, -0.15) is 0 Å². The highest BCUT2D eigenvalue weighted by Gasteiger charge is 2.14. The lowest BCUT2D eigenvalue weighted by atomic mass is 10.3. The molecule has 106 valence electrons. The Labute approximate surface area is 121 Å². The lowest BCUT2D eigenvalue weighted by Gasteiger charge is -1.98. The van der Waals surface area contributed by atoms with E-state index in [1.807, 2.05) is 6.92 Å². The van der Waals surface area contributed by atoms with Gasteiger partial charge in [0.1, 0.15) is 5.69 Å². The van der Waals surface area contributed by atoms with Crippen LogP contribution in [0.4, 0.5) is 6.01 Å². The molecule has 3 heterocycles. The molecule has 0 unspecified atom stereocenters. The van der Waals surface area contributed by atoms with Gasteiger partial charge in [0.05, 0.1) is 10.6 Å². The largest absolute Gasteiger partial charge is 0.401 e. The van der Waals surface area contributed by atoms with Crippen LogP contribution in [0.5, 0.6) is 0 Å². The number of nitrogens with one attached hydrogen (secondary N) is 2. The van der Waals surface area contributed by atoms with Crippen LogP contribution in [-0.2, 0) is 0 Å². The van der Waals surface area contributed by atoms with E-state index in [9.17, 15) is 9.59 Å². The van der Waals surface area contributed by atoms with Crippen LogP contribution >= 0.6 is 11.3 Å². The van der Waals surface area contributed by atoms with E-state index in [1.54, 1.807) is 5.38 Å². The highest BCUT2D eigenvalue weighted by Crippen LogP contribution is 2.21. The van der Waals surface area contributed by atoms with Crippen molar-refractivity contribution in [2.45, 2.75) is 6.92 Å². The number of carbonyl (C=O) groups is 1. The molecule has 0 spiro atoms. The van der Waals surface area contributed by atoms with Crippen LogP contribution in [-0.4, -0.2) is 26.1 Å². The van der Waals surface area contributed by atoms with Crippen LogP contribution in [0.25, 0.3) is 11.6 Å². The molecule has 0 aliphatic heterocycles. The summed E-state index contributed by atoms with van der Waals surface area (Å²) in [6, 6.07) is 2.62. The third-order valence-electron chi connectivity index (χ3n) is 2.53. The van der Waals surface area contributed by atoms with Crippen LogP contribution < -0.4 is 10.9 Å². The van der Waals surface area contributed by atoms with Crippen molar-refractivity contribution in [2.75, 3.05) is 5.32 Å². The number of aromatic amines is 1. The van der Waals surface area contributed by atoms with Crippen LogP contribution in [0.1, 0.15) is 15.4 Å². The third-order valence-corrected chi connectivity index (χ3v) is 3.30. The second-order valence-corrected chi connectivity index (χ2v) is 5.12. The first-order valence-electron chi connectivity index (χ1n) is 5.88. The fraction of sp³-hybridized carbons (Fsp3) is 0.0833. The molecular weight excluding hydrogens is 294 g/mol. The molecule has 0 aliphatic carbocycles. The number of amides is 1. The highest BCUT2D eigenvalue weighted by molar-refractivity contribution is 7.09. The summed E-state index contributed by atoms with van der Waals surface area (Å²) in [6.45, 7) is 1.86. The molecule has 0 aromatic carbocycles. The quantitative estimate of drug-likeness (QED) is 0.756. The molecule has 1 amide bonds. The normalized spacial score (nSPS) is 10.5. The summed E-state index contributed by atoms with van der Waals surface area (Å²) in [4.78, 5) is 29.5. The molecular formula is C12H9N5O3S. The van der Waals surface area contributed by atoms with Crippen molar-refractivity contribution in [3.05, 3.63) is 44.6 Å². The van der Waals surface area contributed by atoms with Gasteiger partial charge in [-0.25, -0.2) is 4.98 Å². The number of thiazole rings is 1. The van der Waals surface area contributed by atoms with Gasteiger partial charge < -0.3 is 9.40 Å². The summed E-state index contributed by atoms with van der Waals surface area (Å²) < 4.78 is 5.32. The molecule has 8 nitrogen and oxygen atoms in total. The predicted octanol–water partition coefficient (Wildman–Crippen LogP) is 1.44. The smallest absolute Gasteiger partial charge is 0.322 e. The number of carbonyl (C=O) groups excluding carboxylic acids is 1. The van der Waals surface area contributed by atoms with Crippen molar-refractivity contribution in [1.82, 2.24) is 20.2 Å². The topological polar surface area (TPSA) is 114 Å². The number of aryl methyl sites for hydroxylation is 1. The van der Waals surface area contributed by atoms with E-state index in [-0.39, 0.29) is 23.0 Å². The number of anilines is 1. The fourth-order valence-electron chi connectivity index (χ4n) is 1.56. The number of rotatable bonds is 3. The first-order chi connectivity index (χ1) is 10.1. The summed E-state index contributed by atoms with van der Waals surface area (Å²) in [5, 5.41) is 12.7. The van der Waals surface area contributed by atoms with E-state index in [1.165, 1.54) is 29.7 Å². The summed E-state index contributed by atoms with van der Waals surface area (Å²) in [6.07, 6.45) is 1.30. The first kappa shape index (κ1) is 13.2. The molecule has 21 heavy (non-hydrogen) atoms. The van der Waals surface area contributed by atoms with E-state index < -0.39 is 5.91 Å². The first-order valence-corrected chi connectivity index (χ1v) is 6.76. The van der Waals surface area contributed by atoms with Crippen LogP contribution in [0.15, 0.2) is 32.9 Å². The SMILES string of the molecule is Cc1nc(-c2nnc(NC(=O)c3ccc(=O)[nH]c3)o2)cs1. The maximum absolute atomic E-state index is 11.9. The zero-order valence-electron chi connectivity index (χ0n) is 10.8. The van der Waals surface area contributed by atoms with E-state index in [0.29, 0.717) is 5.69 Å². The van der Waals surface area contributed by atoms with Gasteiger partial charge in [-0.1, -0.05) is 5.10 Å². The Morgan fingerprint density at radius 2 is 2.24 bits per heavy atom. The summed E-state index contributed by atoms with van der Waals surface area (Å²) in [5.74, 6) is -0.230. The van der Waals surface area contributed by atoms with Gasteiger partial charge in [-0.15, -0.1) is 16.4 Å². The minimum Gasteiger partial charge on any atom is -0.401 e. The maximum atomic E-state index is 11.9. The van der Waals surface area contributed by atoms with Crippen molar-refractivity contribution in [3.63, 3.8) is 0 Å². The lowest BCUT2D eigenvalue weighted by Crippen LogP contribution is -2.14. The molecule has 3 aromatic heterocycles. The van der Waals surface area contributed by atoms with E-state index in [0.717, 1.165) is 5.01 Å². The minimum atomic E-state index is -0.462. The maximum Gasteiger partial charge on any atom is 0.322 e. The van der Waals surface area contributed by atoms with Crippen molar-refractivity contribution >= 4 is 23.3 Å². The zero-order valence-corrected chi connectivity index (χ0v) is 11.6. The molecule has 0 atom stereocenters. The molecule has 3 aromatic rings. The van der Waals surface area contributed by atoms with Gasteiger partial charge in [0.15, 0.2) is 0 Å². The Bertz CT molecular complexity index is 830. The number of nitrogens with zero attached hydrogens (tertiary/aromatic N) is 3. The monoisotopic (exact) mass is 303 g/mol. The number of hydrogen-bond acceptors (Lipinski definition) is 7. The third kappa shape index (κ3) is 2.87. The Hall–Kier alpha value is -2.81. The second kappa shape index (κ2) is 5.29. The van der Waals surface area contributed by atoms with Crippen LogP contribution in [0.3, 0.4) is 0 Å². The molecule has 3 rings (SSSR count). The average Bonchev–Trinajstić information content (AvgIpc) is 3.08. The minimum absolute atomic E-state index is 0.0353. The summed E-state index contributed by atoms with van der Waals surface area (Å²) in [7, 11) is 0. The van der Waals surface area contributed by atoms with Gasteiger partial charge >= 0.3 is 6.01 Å². The molecule has 0 aliphatic rings. The molecule has 0 saturated carbocycles. The summed E-state index contributed by atoms with van der Waals surface area (Å²) >= 11 is 1.46.